The van der Waals surface area contributed by atoms with E-state index >= 15 is 0 Å². The van der Waals surface area contributed by atoms with Crippen LogP contribution in [0.15, 0.2) is 60.8 Å². The van der Waals surface area contributed by atoms with E-state index in [1.807, 2.05) is 55.5 Å². The van der Waals surface area contributed by atoms with E-state index in [0.29, 0.717) is 18.4 Å². The van der Waals surface area contributed by atoms with E-state index in [0.717, 1.165) is 49.1 Å². The minimum atomic E-state index is 0.532. The van der Waals surface area contributed by atoms with Crippen LogP contribution in [0.1, 0.15) is 6.92 Å². The molecule has 0 amide bonds. The summed E-state index contributed by atoms with van der Waals surface area (Å²) in [6.07, 6.45) is 1.73. The van der Waals surface area contributed by atoms with Gasteiger partial charge in [-0.2, -0.15) is 4.98 Å². The van der Waals surface area contributed by atoms with Crippen LogP contribution >= 0.6 is 0 Å². The monoisotopic (exact) mass is 391 g/mol. The Balaban J connectivity index is 1.53. The van der Waals surface area contributed by atoms with Gasteiger partial charge in [0.2, 0.25) is 5.95 Å². The van der Waals surface area contributed by atoms with Crippen LogP contribution in [0.3, 0.4) is 0 Å². The number of hydrogen-bond donors (Lipinski definition) is 2. The number of benzene rings is 2. The van der Waals surface area contributed by atoms with Crippen LogP contribution in [0.5, 0.6) is 5.75 Å². The van der Waals surface area contributed by atoms with E-state index < -0.39 is 0 Å². The maximum absolute atomic E-state index is 5.68. The van der Waals surface area contributed by atoms with Crippen LogP contribution in [0, 0.1) is 0 Å². The highest BCUT2D eigenvalue weighted by atomic mass is 16.5. The number of ether oxygens (including phenoxy) is 2. The molecule has 0 saturated carbocycles. The minimum Gasteiger partial charge on any atom is -0.492 e. The molecule has 2 aromatic carbocycles. The Morgan fingerprint density at radius 2 is 1.72 bits per heavy atom. The van der Waals surface area contributed by atoms with Gasteiger partial charge in [-0.15, -0.1) is 0 Å². The molecule has 0 spiro atoms. The summed E-state index contributed by atoms with van der Waals surface area (Å²) in [7, 11) is 0. The second-order valence-corrected chi connectivity index (χ2v) is 6.56. The first kappa shape index (κ1) is 19.0. The summed E-state index contributed by atoms with van der Waals surface area (Å²) in [5, 5.41) is 6.68. The van der Waals surface area contributed by atoms with Crippen LogP contribution in [-0.2, 0) is 4.74 Å². The third-order valence-corrected chi connectivity index (χ3v) is 4.61. The molecule has 4 rings (SSSR count). The number of nitrogens with one attached hydrogen (secondary N) is 2. The molecule has 29 heavy (non-hydrogen) atoms. The standard InChI is InChI=1S/C22H25N5O2/c1-2-29-20-10-6-4-8-18(20)24-21-11-12-23-22(26-21)25-17-7-3-5-9-19(17)27-13-15-28-16-14-27/h3-12H,2,13-16H2,1H3,(H2,23,24,25,26). The molecule has 0 bridgehead atoms. The first-order valence-electron chi connectivity index (χ1n) is 9.84. The van der Waals surface area contributed by atoms with Crippen LogP contribution in [-0.4, -0.2) is 42.9 Å². The molecule has 0 aliphatic carbocycles. The summed E-state index contributed by atoms with van der Waals surface area (Å²) in [6, 6.07) is 17.8. The van der Waals surface area contributed by atoms with Crippen molar-refractivity contribution in [2.75, 3.05) is 48.4 Å². The Morgan fingerprint density at radius 1 is 0.966 bits per heavy atom. The number of aromatic nitrogens is 2. The highest BCUT2D eigenvalue weighted by molar-refractivity contribution is 5.74. The van der Waals surface area contributed by atoms with Crippen molar-refractivity contribution < 1.29 is 9.47 Å². The van der Waals surface area contributed by atoms with Gasteiger partial charge in [0.15, 0.2) is 0 Å². The number of morpholine rings is 1. The second kappa shape index (κ2) is 9.25. The van der Waals surface area contributed by atoms with E-state index in [1.165, 1.54) is 0 Å². The van der Waals surface area contributed by atoms with E-state index in [2.05, 4.69) is 31.6 Å². The quantitative estimate of drug-likeness (QED) is 0.625. The van der Waals surface area contributed by atoms with Gasteiger partial charge in [-0.05, 0) is 37.3 Å². The van der Waals surface area contributed by atoms with Crippen molar-refractivity contribution in [1.29, 1.82) is 0 Å². The van der Waals surface area contributed by atoms with E-state index in [9.17, 15) is 0 Å². The molecule has 0 radical (unpaired) electrons. The molecule has 1 saturated heterocycles. The second-order valence-electron chi connectivity index (χ2n) is 6.56. The lowest BCUT2D eigenvalue weighted by molar-refractivity contribution is 0.123. The molecule has 7 heteroatoms. The number of rotatable bonds is 7. The molecule has 1 fully saturated rings. The Morgan fingerprint density at radius 3 is 2.55 bits per heavy atom. The first-order valence-corrected chi connectivity index (χ1v) is 9.84. The van der Waals surface area contributed by atoms with E-state index in [-0.39, 0.29) is 0 Å². The average molecular weight is 391 g/mol. The molecule has 150 valence electrons. The molecular weight excluding hydrogens is 366 g/mol. The third-order valence-electron chi connectivity index (χ3n) is 4.61. The Labute approximate surface area is 170 Å². The summed E-state index contributed by atoms with van der Waals surface area (Å²) in [4.78, 5) is 11.3. The third kappa shape index (κ3) is 4.75. The topological polar surface area (TPSA) is 71.5 Å². The van der Waals surface area contributed by atoms with Gasteiger partial charge in [-0.1, -0.05) is 24.3 Å². The van der Waals surface area contributed by atoms with Crippen LogP contribution < -0.4 is 20.3 Å². The van der Waals surface area contributed by atoms with Crippen molar-refractivity contribution in [1.82, 2.24) is 9.97 Å². The Kier molecular flexibility index (Phi) is 6.07. The van der Waals surface area contributed by atoms with E-state index in [4.69, 9.17) is 9.47 Å². The maximum Gasteiger partial charge on any atom is 0.229 e. The van der Waals surface area contributed by atoms with Gasteiger partial charge < -0.3 is 25.0 Å². The lowest BCUT2D eigenvalue weighted by Crippen LogP contribution is -2.36. The van der Waals surface area contributed by atoms with Crippen molar-refractivity contribution in [3.05, 3.63) is 60.8 Å². The first-order chi connectivity index (χ1) is 14.3. The molecule has 0 unspecified atom stereocenters. The summed E-state index contributed by atoms with van der Waals surface area (Å²) in [5.41, 5.74) is 2.97. The maximum atomic E-state index is 5.68. The molecule has 2 N–H and O–H groups in total. The van der Waals surface area contributed by atoms with Crippen molar-refractivity contribution in [3.8, 4) is 5.75 Å². The molecule has 0 atom stereocenters. The Hall–Kier alpha value is -3.32. The molecule has 1 aromatic heterocycles. The van der Waals surface area contributed by atoms with Gasteiger partial charge in [0.05, 0.1) is 36.9 Å². The number of para-hydroxylation sites is 4. The molecule has 1 aliphatic heterocycles. The van der Waals surface area contributed by atoms with Gasteiger partial charge >= 0.3 is 0 Å². The number of nitrogens with zero attached hydrogens (tertiary/aromatic N) is 3. The van der Waals surface area contributed by atoms with Crippen molar-refractivity contribution >= 4 is 28.8 Å². The summed E-state index contributed by atoms with van der Waals surface area (Å²) >= 11 is 0. The molecule has 7 nitrogen and oxygen atoms in total. The van der Waals surface area contributed by atoms with Crippen molar-refractivity contribution in [2.45, 2.75) is 6.92 Å². The van der Waals surface area contributed by atoms with Crippen molar-refractivity contribution in [2.24, 2.45) is 0 Å². The molecule has 3 aromatic rings. The normalized spacial score (nSPS) is 13.8. The fraction of sp³-hybridized carbons (Fsp3) is 0.273. The SMILES string of the molecule is CCOc1ccccc1Nc1ccnc(Nc2ccccc2N2CCOCC2)n1. The summed E-state index contributed by atoms with van der Waals surface area (Å²) < 4.78 is 11.2. The fourth-order valence-electron chi connectivity index (χ4n) is 3.26. The zero-order valence-corrected chi connectivity index (χ0v) is 16.5. The van der Waals surface area contributed by atoms with Gasteiger partial charge in [0.25, 0.3) is 0 Å². The summed E-state index contributed by atoms with van der Waals surface area (Å²) in [6.45, 7) is 5.79. The minimum absolute atomic E-state index is 0.532. The predicted octanol–water partition coefficient (Wildman–Crippen LogP) is 4.20. The fourth-order valence-corrected chi connectivity index (χ4v) is 3.26. The smallest absolute Gasteiger partial charge is 0.229 e. The lowest BCUT2D eigenvalue weighted by Gasteiger charge is -2.30. The molecule has 1 aliphatic rings. The molecular formula is C22H25N5O2. The van der Waals surface area contributed by atoms with Crippen LogP contribution in [0.25, 0.3) is 0 Å². The zero-order chi connectivity index (χ0) is 19.9. The van der Waals surface area contributed by atoms with Gasteiger partial charge in [-0.3, -0.25) is 0 Å². The van der Waals surface area contributed by atoms with Gasteiger partial charge in [0, 0.05) is 19.3 Å². The van der Waals surface area contributed by atoms with Crippen molar-refractivity contribution in [3.63, 3.8) is 0 Å². The van der Waals surface area contributed by atoms with Gasteiger partial charge in [-0.25, -0.2) is 4.98 Å². The largest absolute Gasteiger partial charge is 0.492 e. The van der Waals surface area contributed by atoms with E-state index in [1.54, 1.807) is 6.20 Å². The zero-order valence-electron chi connectivity index (χ0n) is 16.5. The highest BCUT2D eigenvalue weighted by Gasteiger charge is 2.15. The van der Waals surface area contributed by atoms with Crippen LogP contribution in [0.2, 0.25) is 0 Å². The number of anilines is 5. The summed E-state index contributed by atoms with van der Waals surface area (Å²) in [5.74, 6) is 2.02. The van der Waals surface area contributed by atoms with Gasteiger partial charge in [0.1, 0.15) is 11.6 Å². The average Bonchev–Trinajstić information content (AvgIpc) is 2.77. The highest BCUT2D eigenvalue weighted by Crippen LogP contribution is 2.30. The predicted molar refractivity (Wildman–Crippen MR) is 116 cm³/mol. The molecule has 2 heterocycles. The number of hydrogen-bond acceptors (Lipinski definition) is 7. The van der Waals surface area contributed by atoms with Crippen LogP contribution in [0.4, 0.5) is 28.8 Å². The Bertz CT molecular complexity index is 944. The lowest BCUT2D eigenvalue weighted by atomic mass is 10.2.